The van der Waals surface area contributed by atoms with Crippen molar-refractivity contribution in [2.24, 2.45) is 0 Å². The van der Waals surface area contributed by atoms with Crippen molar-refractivity contribution in [3.05, 3.63) is 59.7 Å². The van der Waals surface area contributed by atoms with Crippen LogP contribution in [0.25, 0.3) is 0 Å². The monoisotopic (exact) mass is 260 g/mol. The Balaban J connectivity index is 2.40. The first kappa shape index (κ1) is 12.6. The lowest BCUT2D eigenvalue weighted by molar-refractivity contribution is 0.600. The average molecular weight is 260 g/mol. The molecule has 4 heteroatoms. The molecule has 1 N–H and O–H groups in total. The Kier molecular flexibility index (Phi) is 3.39. The maximum absolute atomic E-state index is 12.3. The van der Waals surface area contributed by atoms with E-state index in [4.69, 9.17) is 0 Å². The Morgan fingerprint density at radius 3 is 2.39 bits per heavy atom. The van der Waals surface area contributed by atoms with Gasteiger partial charge >= 0.3 is 0 Å². The molecule has 1 radical (unpaired) electrons. The smallest absolute Gasteiger partial charge is 0.262 e. The molecule has 2 aromatic carbocycles. The average Bonchev–Trinajstić information content (AvgIpc) is 2.33. The summed E-state index contributed by atoms with van der Waals surface area (Å²) in [4.78, 5) is 0.315. The van der Waals surface area contributed by atoms with Crippen LogP contribution < -0.4 is 4.72 Å². The van der Waals surface area contributed by atoms with E-state index in [1.165, 1.54) is 0 Å². The van der Waals surface area contributed by atoms with E-state index in [1.54, 1.807) is 37.3 Å². The molecular weight excluding hydrogens is 246 g/mol. The number of hydrogen-bond acceptors (Lipinski definition) is 2. The second-order valence-electron chi connectivity index (χ2n) is 4.16. The predicted molar refractivity (Wildman–Crippen MR) is 72.0 cm³/mol. The van der Waals surface area contributed by atoms with E-state index < -0.39 is 10.0 Å². The zero-order valence-electron chi connectivity index (χ0n) is 10.3. The minimum Gasteiger partial charge on any atom is -0.280 e. The van der Waals surface area contributed by atoms with Gasteiger partial charge in [0.05, 0.1) is 4.90 Å². The largest absolute Gasteiger partial charge is 0.280 e. The molecule has 0 heterocycles. The number of hydrogen-bond donors (Lipinski definition) is 1. The van der Waals surface area contributed by atoms with E-state index in [2.05, 4.69) is 10.8 Å². The zero-order chi connectivity index (χ0) is 13.2. The summed E-state index contributed by atoms with van der Waals surface area (Å²) in [6, 6.07) is 14.9. The summed E-state index contributed by atoms with van der Waals surface area (Å²) in [5, 5.41) is 0. The van der Waals surface area contributed by atoms with Gasteiger partial charge in [-0.15, -0.1) is 0 Å². The topological polar surface area (TPSA) is 46.2 Å². The van der Waals surface area contributed by atoms with Crippen LogP contribution in [0.4, 0.5) is 5.69 Å². The molecule has 0 unspecified atom stereocenters. The van der Waals surface area contributed by atoms with Crippen molar-refractivity contribution in [1.29, 1.82) is 0 Å². The van der Waals surface area contributed by atoms with Gasteiger partial charge < -0.3 is 0 Å². The molecular formula is C14H14NO2S. The third kappa shape index (κ3) is 2.71. The minimum absolute atomic E-state index is 0.315. The Morgan fingerprint density at radius 2 is 1.72 bits per heavy atom. The van der Waals surface area contributed by atoms with Gasteiger partial charge in [-0.2, -0.15) is 0 Å². The Morgan fingerprint density at radius 1 is 1.06 bits per heavy atom. The molecule has 0 aliphatic carbocycles. The van der Waals surface area contributed by atoms with Crippen LogP contribution in [-0.4, -0.2) is 8.42 Å². The van der Waals surface area contributed by atoms with Crippen LogP contribution in [-0.2, 0) is 10.0 Å². The van der Waals surface area contributed by atoms with Crippen LogP contribution in [0.1, 0.15) is 11.1 Å². The van der Waals surface area contributed by atoms with Crippen molar-refractivity contribution in [1.82, 2.24) is 0 Å². The van der Waals surface area contributed by atoms with Crippen LogP contribution in [0.5, 0.6) is 0 Å². The van der Waals surface area contributed by atoms with Gasteiger partial charge in [0.2, 0.25) is 0 Å². The second kappa shape index (κ2) is 4.82. The highest BCUT2D eigenvalue weighted by Gasteiger charge is 2.16. The summed E-state index contributed by atoms with van der Waals surface area (Å²) >= 11 is 0. The highest BCUT2D eigenvalue weighted by atomic mass is 32.2. The SMILES string of the molecule is Cc1ccc(C)c(S(=O)(=O)Nc2cc[c]cc2)c1. The Hall–Kier alpha value is -1.81. The second-order valence-corrected chi connectivity index (χ2v) is 5.81. The third-order valence-corrected chi connectivity index (χ3v) is 4.13. The van der Waals surface area contributed by atoms with Gasteiger partial charge in [-0.05, 0) is 49.2 Å². The van der Waals surface area contributed by atoms with Gasteiger partial charge in [-0.1, -0.05) is 24.3 Å². The Labute approximate surface area is 108 Å². The van der Waals surface area contributed by atoms with Crippen LogP contribution in [0, 0.1) is 19.9 Å². The van der Waals surface area contributed by atoms with Crippen LogP contribution in [0.15, 0.2) is 47.4 Å². The van der Waals surface area contributed by atoms with E-state index in [0.29, 0.717) is 10.6 Å². The number of anilines is 1. The first-order valence-corrected chi connectivity index (χ1v) is 7.03. The molecule has 0 aliphatic rings. The molecule has 2 rings (SSSR count). The standard InChI is InChI=1S/C14H14NO2S/c1-11-8-9-12(2)14(10-11)18(16,17)15-13-6-4-3-5-7-13/h4-10,15H,1-2H3. The lowest BCUT2D eigenvalue weighted by atomic mass is 10.2. The summed E-state index contributed by atoms with van der Waals surface area (Å²) in [6.45, 7) is 3.66. The van der Waals surface area contributed by atoms with E-state index in [9.17, 15) is 8.42 Å². The quantitative estimate of drug-likeness (QED) is 0.922. The van der Waals surface area contributed by atoms with Crippen molar-refractivity contribution in [2.45, 2.75) is 18.7 Å². The summed E-state index contributed by atoms with van der Waals surface area (Å²) in [5.41, 5.74) is 2.19. The molecule has 0 atom stereocenters. The molecule has 0 aliphatic heterocycles. The maximum Gasteiger partial charge on any atom is 0.262 e. The fraction of sp³-hybridized carbons (Fsp3) is 0.143. The van der Waals surface area contributed by atoms with Crippen molar-refractivity contribution in [3.63, 3.8) is 0 Å². The van der Waals surface area contributed by atoms with Gasteiger partial charge in [0, 0.05) is 5.69 Å². The van der Waals surface area contributed by atoms with Crippen molar-refractivity contribution in [3.8, 4) is 0 Å². The number of nitrogens with one attached hydrogen (secondary N) is 1. The lowest BCUT2D eigenvalue weighted by Crippen LogP contribution is -2.14. The zero-order valence-corrected chi connectivity index (χ0v) is 11.1. The molecule has 0 fully saturated rings. The molecule has 0 saturated heterocycles. The number of rotatable bonds is 3. The maximum atomic E-state index is 12.3. The van der Waals surface area contributed by atoms with E-state index in [-0.39, 0.29) is 0 Å². The molecule has 0 spiro atoms. The van der Waals surface area contributed by atoms with Crippen molar-refractivity contribution < 1.29 is 8.42 Å². The summed E-state index contributed by atoms with van der Waals surface area (Å²) in [6.07, 6.45) is 0. The number of benzene rings is 2. The fourth-order valence-electron chi connectivity index (χ4n) is 1.66. The van der Waals surface area contributed by atoms with Crippen LogP contribution >= 0.6 is 0 Å². The van der Waals surface area contributed by atoms with Gasteiger partial charge in [0.1, 0.15) is 0 Å². The van der Waals surface area contributed by atoms with Gasteiger partial charge in [0.15, 0.2) is 0 Å². The number of aryl methyl sites for hydroxylation is 2. The molecule has 0 aromatic heterocycles. The number of sulfonamides is 1. The van der Waals surface area contributed by atoms with Crippen molar-refractivity contribution in [2.75, 3.05) is 4.72 Å². The highest BCUT2D eigenvalue weighted by Crippen LogP contribution is 2.20. The molecule has 0 saturated carbocycles. The molecule has 93 valence electrons. The fourth-order valence-corrected chi connectivity index (χ4v) is 3.05. The third-order valence-electron chi connectivity index (χ3n) is 2.60. The molecule has 18 heavy (non-hydrogen) atoms. The summed E-state index contributed by atoms with van der Waals surface area (Å²) < 4.78 is 27.1. The predicted octanol–water partition coefficient (Wildman–Crippen LogP) is 2.90. The van der Waals surface area contributed by atoms with Gasteiger partial charge in [-0.3, -0.25) is 4.72 Å². The first-order chi connectivity index (χ1) is 8.49. The van der Waals surface area contributed by atoms with Crippen LogP contribution in [0.2, 0.25) is 0 Å². The van der Waals surface area contributed by atoms with E-state index in [1.807, 2.05) is 19.1 Å². The van der Waals surface area contributed by atoms with Crippen LogP contribution in [0.3, 0.4) is 0 Å². The minimum atomic E-state index is -3.53. The van der Waals surface area contributed by atoms with Gasteiger partial charge in [-0.25, -0.2) is 8.42 Å². The van der Waals surface area contributed by atoms with E-state index in [0.717, 1.165) is 11.1 Å². The summed E-state index contributed by atoms with van der Waals surface area (Å²) in [5.74, 6) is 0. The summed E-state index contributed by atoms with van der Waals surface area (Å²) in [7, 11) is -3.53. The van der Waals surface area contributed by atoms with Crippen molar-refractivity contribution >= 4 is 15.7 Å². The molecule has 0 amide bonds. The van der Waals surface area contributed by atoms with E-state index >= 15 is 0 Å². The first-order valence-electron chi connectivity index (χ1n) is 5.55. The lowest BCUT2D eigenvalue weighted by Gasteiger charge is -2.10. The Bertz CT molecular complexity index is 649. The van der Waals surface area contributed by atoms with Gasteiger partial charge in [0.25, 0.3) is 10.0 Å². The molecule has 2 aromatic rings. The molecule has 3 nitrogen and oxygen atoms in total. The highest BCUT2D eigenvalue weighted by molar-refractivity contribution is 7.92. The normalized spacial score (nSPS) is 11.2. The molecule has 0 bridgehead atoms.